The van der Waals surface area contributed by atoms with Gasteiger partial charge in [0.1, 0.15) is 0 Å². The zero-order valence-corrected chi connectivity index (χ0v) is 10.5. The van der Waals surface area contributed by atoms with Gasteiger partial charge in [0.25, 0.3) is 0 Å². The number of anilines is 1. The van der Waals surface area contributed by atoms with Gasteiger partial charge in [-0.15, -0.1) is 0 Å². The van der Waals surface area contributed by atoms with Crippen LogP contribution in [0.15, 0.2) is 30.3 Å². The number of nitrogens with one attached hydrogen (secondary N) is 1. The molecule has 0 spiro atoms. The number of unbranched alkanes of at least 4 members (excludes halogenated alkanes) is 1. The van der Waals surface area contributed by atoms with E-state index in [0.717, 1.165) is 6.42 Å². The highest BCUT2D eigenvalue weighted by atomic mass is 31.2. The molecule has 0 heterocycles. The molecule has 1 rings (SSSR count). The number of para-hydroxylation sites is 1. The van der Waals surface area contributed by atoms with Crippen molar-refractivity contribution < 1.29 is 18.8 Å². The first kappa shape index (κ1) is 13.9. The molecule has 0 aromatic heterocycles. The summed E-state index contributed by atoms with van der Waals surface area (Å²) in [7, 11) is -4.23. The van der Waals surface area contributed by atoms with E-state index in [0.29, 0.717) is 12.1 Å². The lowest BCUT2D eigenvalue weighted by molar-refractivity contribution is 0.235. The van der Waals surface area contributed by atoms with E-state index in [9.17, 15) is 14.3 Å². The van der Waals surface area contributed by atoms with Gasteiger partial charge in [0.05, 0.1) is 6.61 Å². The average molecular weight is 257 g/mol. The summed E-state index contributed by atoms with van der Waals surface area (Å²) >= 11 is 0. The lowest BCUT2D eigenvalue weighted by Gasteiger charge is -2.11. The zero-order valence-electron chi connectivity index (χ0n) is 9.63. The third kappa shape index (κ3) is 4.69. The largest absolute Gasteiger partial charge is 0.416 e. The van der Waals surface area contributed by atoms with Crippen molar-refractivity contribution in [2.45, 2.75) is 19.8 Å². The number of carbonyl (C=O) groups excluding carboxylic acids is 1. The molecule has 0 radical (unpaired) electrons. The fraction of sp³-hybridized carbons (Fsp3) is 0.364. The maximum atomic E-state index is 11.5. The normalized spacial score (nSPS) is 14.0. The topological polar surface area (TPSA) is 75.6 Å². The summed E-state index contributed by atoms with van der Waals surface area (Å²) in [6, 6.07) is 8.48. The second kappa shape index (κ2) is 6.55. The zero-order chi connectivity index (χ0) is 12.7. The molecule has 5 nitrogen and oxygen atoms in total. The van der Waals surface area contributed by atoms with Gasteiger partial charge in [0, 0.05) is 5.69 Å². The molecule has 0 aliphatic heterocycles. The van der Waals surface area contributed by atoms with Crippen molar-refractivity contribution in [2.75, 3.05) is 11.9 Å². The van der Waals surface area contributed by atoms with Gasteiger partial charge in [-0.3, -0.25) is 4.79 Å². The van der Waals surface area contributed by atoms with E-state index in [-0.39, 0.29) is 6.61 Å². The SMILES string of the molecule is CCCCOP(=O)(O)C(=O)Nc1ccccc1. The summed E-state index contributed by atoms with van der Waals surface area (Å²) in [6.45, 7) is 2.03. The molecule has 17 heavy (non-hydrogen) atoms. The molecule has 94 valence electrons. The van der Waals surface area contributed by atoms with Crippen LogP contribution in [-0.4, -0.2) is 17.1 Å². The fourth-order valence-corrected chi connectivity index (χ4v) is 1.87. The van der Waals surface area contributed by atoms with Crippen LogP contribution in [0.4, 0.5) is 10.5 Å². The first-order valence-corrected chi connectivity index (χ1v) is 6.98. The van der Waals surface area contributed by atoms with Crippen LogP contribution >= 0.6 is 7.60 Å². The Labute approximate surface area is 100 Å². The molecule has 0 fully saturated rings. The average Bonchev–Trinajstić information content (AvgIpc) is 2.30. The third-order valence-corrected chi connectivity index (χ3v) is 3.20. The minimum absolute atomic E-state index is 0.104. The van der Waals surface area contributed by atoms with E-state index in [4.69, 9.17) is 4.52 Å². The standard InChI is InChI=1S/C11H16NO4P/c1-2-3-9-16-17(14,15)11(13)12-10-7-5-4-6-8-10/h4-8H,2-3,9H2,1H3,(H,12,13)(H,14,15). The van der Waals surface area contributed by atoms with Crippen molar-refractivity contribution in [1.82, 2.24) is 0 Å². The van der Waals surface area contributed by atoms with Crippen LogP contribution in [0.5, 0.6) is 0 Å². The Morgan fingerprint density at radius 1 is 1.41 bits per heavy atom. The van der Waals surface area contributed by atoms with Crippen LogP contribution in [0.3, 0.4) is 0 Å². The fourth-order valence-electron chi connectivity index (χ4n) is 1.11. The summed E-state index contributed by atoms with van der Waals surface area (Å²) in [6.07, 6.45) is 1.48. The van der Waals surface area contributed by atoms with Gasteiger partial charge >= 0.3 is 13.2 Å². The molecule has 1 amide bonds. The molecular weight excluding hydrogens is 241 g/mol. The highest BCUT2D eigenvalue weighted by Gasteiger charge is 2.30. The van der Waals surface area contributed by atoms with Gasteiger partial charge in [0.2, 0.25) is 0 Å². The molecule has 2 N–H and O–H groups in total. The summed E-state index contributed by atoms with van der Waals surface area (Å²) in [5, 5.41) is 2.33. The predicted octanol–water partition coefficient (Wildman–Crippen LogP) is 3.22. The number of hydrogen-bond acceptors (Lipinski definition) is 3. The van der Waals surface area contributed by atoms with Crippen LogP contribution in [0.1, 0.15) is 19.8 Å². The van der Waals surface area contributed by atoms with Crippen molar-refractivity contribution >= 4 is 18.9 Å². The van der Waals surface area contributed by atoms with Gasteiger partial charge in [-0.25, -0.2) is 4.57 Å². The minimum atomic E-state index is -4.23. The number of benzene rings is 1. The Hall–Kier alpha value is -1.16. The molecule has 0 aliphatic carbocycles. The molecule has 0 saturated heterocycles. The van der Waals surface area contributed by atoms with Crippen molar-refractivity contribution in [3.8, 4) is 0 Å². The van der Waals surface area contributed by atoms with E-state index < -0.39 is 13.2 Å². The van der Waals surface area contributed by atoms with E-state index in [1.807, 2.05) is 6.92 Å². The Morgan fingerprint density at radius 3 is 2.65 bits per heavy atom. The Bertz CT molecular complexity index is 407. The summed E-state index contributed by atoms with van der Waals surface area (Å²) in [5.41, 5.74) is -0.536. The molecule has 1 aromatic carbocycles. The molecule has 0 bridgehead atoms. The Morgan fingerprint density at radius 2 is 2.06 bits per heavy atom. The third-order valence-electron chi connectivity index (χ3n) is 2.05. The predicted molar refractivity (Wildman–Crippen MR) is 66.1 cm³/mol. The number of amides is 1. The second-order valence-electron chi connectivity index (χ2n) is 3.50. The van der Waals surface area contributed by atoms with Crippen molar-refractivity contribution in [3.05, 3.63) is 30.3 Å². The number of carbonyl (C=O) groups is 1. The van der Waals surface area contributed by atoms with Crippen LogP contribution in [0.25, 0.3) is 0 Å². The van der Waals surface area contributed by atoms with E-state index in [1.54, 1.807) is 30.3 Å². The summed E-state index contributed by atoms with van der Waals surface area (Å²) < 4.78 is 16.2. The van der Waals surface area contributed by atoms with Gasteiger partial charge in [-0.05, 0) is 18.6 Å². The van der Waals surface area contributed by atoms with Crippen LogP contribution in [0.2, 0.25) is 0 Å². The molecule has 1 aromatic rings. The monoisotopic (exact) mass is 257 g/mol. The van der Waals surface area contributed by atoms with Gasteiger partial charge in [-0.1, -0.05) is 31.5 Å². The summed E-state index contributed by atoms with van der Waals surface area (Å²) in [5.74, 6) is 0. The van der Waals surface area contributed by atoms with E-state index in [1.165, 1.54) is 0 Å². The quantitative estimate of drug-likeness (QED) is 0.606. The van der Waals surface area contributed by atoms with Crippen LogP contribution in [0, 0.1) is 0 Å². The Kier molecular flexibility index (Phi) is 5.35. The maximum absolute atomic E-state index is 11.5. The Balaban J connectivity index is 2.54. The summed E-state index contributed by atoms with van der Waals surface area (Å²) in [4.78, 5) is 20.9. The second-order valence-corrected chi connectivity index (χ2v) is 5.21. The van der Waals surface area contributed by atoms with E-state index in [2.05, 4.69) is 5.32 Å². The molecule has 0 saturated carbocycles. The van der Waals surface area contributed by atoms with Gasteiger partial charge in [0.15, 0.2) is 0 Å². The first-order chi connectivity index (χ1) is 8.06. The molecular formula is C11H16NO4P. The van der Waals surface area contributed by atoms with Gasteiger partial charge < -0.3 is 14.7 Å². The van der Waals surface area contributed by atoms with Crippen molar-refractivity contribution in [3.63, 3.8) is 0 Å². The van der Waals surface area contributed by atoms with Crippen molar-refractivity contribution in [2.24, 2.45) is 0 Å². The first-order valence-electron chi connectivity index (χ1n) is 5.40. The minimum Gasteiger partial charge on any atom is -0.318 e. The number of hydrogen-bond donors (Lipinski definition) is 2. The van der Waals surface area contributed by atoms with Crippen LogP contribution < -0.4 is 5.32 Å². The molecule has 0 aliphatic rings. The van der Waals surface area contributed by atoms with E-state index >= 15 is 0 Å². The lowest BCUT2D eigenvalue weighted by Crippen LogP contribution is -2.12. The molecule has 6 heteroatoms. The number of rotatable bonds is 6. The smallest absolute Gasteiger partial charge is 0.318 e. The highest BCUT2D eigenvalue weighted by molar-refractivity contribution is 7.71. The van der Waals surface area contributed by atoms with Crippen LogP contribution in [-0.2, 0) is 9.09 Å². The highest BCUT2D eigenvalue weighted by Crippen LogP contribution is 2.43. The molecule has 1 atom stereocenters. The maximum Gasteiger partial charge on any atom is 0.416 e. The lowest BCUT2D eigenvalue weighted by atomic mass is 10.3. The van der Waals surface area contributed by atoms with Crippen molar-refractivity contribution in [1.29, 1.82) is 0 Å². The molecule has 1 unspecified atom stereocenters. The van der Waals surface area contributed by atoms with Gasteiger partial charge in [-0.2, -0.15) is 0 Å².